The Bertz CT molecular complexity index is 5330. The van der Waals surface area contributed by atoms with E-state index in [-0.39, 0.29) is 0 Å². The molecule has 10 aromatic carbocycles. The summed E-state index contributed by atoms with van der Waals surface area (Å²) in [7, 11) is -3.95. The maximum absolute atomic E-state index is 18.0. The minimum Gasteiger partial charge on any atom is -0.313 e. The Hall–Kier alpha value is -11.1. The van der Waals surface area contributed by atoms with E-state index < -0.39 is 7.44 Å². The van der Waals surface area contributed by atoms with E-state index in [4.69, 9.17) is 15.0 Å². The van der Waals surface area contributed by atoms with Gasteiger partial charge in [0.25, 0.3) is 0 Å². The largest absolute Gasteiger partial charge is 0.313 e. The predicted octanol–water partition coefficient (Wildman–Crippen LogP) is 20.3. The number of allylic oxidation sites excluding steroid dienone is 7. The summed E-state index contributed by atoms with van der Waals surface area (Å²) in [6, 6.07) is 87.0. The highest BCUT2D eigenvalue weighted by molar-refractivity contribution is 7.75. The Kier molecular flexibility index (Phi) is 13.6. The summed E-state index contributed by atoms with van der Waals surface area (Å²) in [4.78, 5) is 15.6. The van der Waals surface area contributed by atoms with Crippen LogP contribution in [0.3, 0.4) is 0 Å². The van der Waals surface area contributed by atoms with Gasteiger partial charge < -0.3 is 9.13 Å². The molecule has 5 heterocycles. The van der Waals surface area contributed by atoms with Crippen molar-refractivity contribution in [3.05, 3.63) is 315 Å². The number of rotatable bonds is 13. The molecule has 0 saturated carbocycles. The van der Waals surface area contributed by atoms with Gasteiger partial charge in [0.05, 0.1) is 50.0 Å². The van der Waals surface area contributed by atoms with Crippen molar-refractivity contribution < 1.29 is 4.57 Å². The Labute approximate surface area is 522 Å². The molecule has 4 aromatic heterocycles. The van der Waals surface area contributed by atoms with E-state index in [9.17, 15) is 0 Å². The molecule has 0 spiro atoms. The second-order valence-corrected chi connectivity index (χ2v) is 25.3. The zero-order valence-electron chi connectivity index (χ0n) is 49.7. The van der Waals surface area contributed by atoms with Gasteiger partial charge in [0.2, 0.25) is 5.95 Å². The summed E-state index contributed by atoms with van der Waals surface area (Å²) in [6.45, 7) is 6.61. The van der Waals surface area contributed by atoms with Crippen LogP contribution in [0.4, 0.5) is 17.1 Å². The zero-order chi connectivity index (χ0) is 60.3. The minimum atomic E-state index is -3.95. The number of fused-ring (bicyclic) bond motifs is 8. The Balaban J connectivity index is 0.926. The molecule has 90 heavy (non-hydrogen) atoms. The molecule has 1 atom stereocenters. The van der Waals surface area contributed by atoms with Crippen LogP contribution in [0.1, 0.15) is 43.3 Å². The van der Waals surface area contributed by atoms with Crippen molar-refractivity contribution in [3.63, 3.8) is 0 Å². The standard InChI is InChI=1S/C80H61N8OP/c1-3-28-61(53-68-65-40-22-25-42-71(65)84(70(68)4-2)59-33-16-9-17-34-59)87-76-49-46-58(52-77(76)88(90(87,89)63-37-20-11-21-38-63)62-47-50-74-69(54-62)66-41-23-26-43-72(66)85(74)60-35-18-10-19-36-60)57-45-48-75-67(51-57)64-39-24-27-44-73(64)86(75)80-82-78(55-29-12-6-5-7-13-30-55)81-79(83-80)56-31-14-8-15-32-56/h3,6,8-27,29-54H,1,4-5,7,28H2,2H3/b12-6-,30-13?,55-29+,61-53+. The van der Waals surface area contributed by atoms with Gasteiger partial charge in [-0.1, -0.05) is 195 Å². The molecule has 0 saturated heterocycles. The van der Waals surface area contributed by atoms with Gasteiger partial charge in [-0.25, -0.2) is 4.98 Å². The maximum Gasteiger partial charge on any atom is 0.301 e. The van der Waals surface area contributed by atoms with Crippen molar-refractivity contribution in [1.29, 1.82) is 0 Å². The molecule has 1 unspecified atom stereocenters. The number of hydrogen-bond acceptors (Lipinski definition) is 4. The van der Waals surface area contributed by atoms with Crippen LogP contribution >= 0.6 is 7.44 Å². The van der Waals surface area contributed by atoms with E-state index in [1.165, 1.54) is 0 Å². The second-order valence-electron chi connectivity index (χ2n) is 22.9. The molecule has 2 aliphatic rings. The predicted molar refractivity (Wildman–Crippen MR) is 375 cm³/mol. The van der Waals surface area contributed by atoms with Gasteiger partial charge in [-0.05, 0) is 134 Å². The molecule has 10 heteroatoms. The SMILES string of the molecule is C=CC/C(=C\c1c(CC)n(-c2ccccc2)c2ccccc12)N1c2ccc(-c3ccc4c(c3)c3ccccc3n4-c3nc(/C4=C/C=C\CCC=C4)nc(-c4ccccc4)n3)cc2N(c2ccc3c(c2)c2ccccc2n3-c2ccccc2)P1(=O)c1ccccc1. The van der Waals surface area contributed by atoms with Crippen molar-refractivity contribution >= 4 is 96.0 Å². The first-order chi connectivity index (χ1) is 44.5. The first-order valence-corrected chi connectivity index (χ1v) is 32.5. The number of para-hydroxylation sites is 5. The first-order valence-electron chi connectivity index (χ1n) is 30.8. The molecule has 1 aliphatic heterocycles. The minimum absolute atomic E-state index is 0.436. The Morgan fingerprint density at radius 1 is 0.489 bits per heavy atom. The van der Waals surface area contributed by atoms with Crippen molar-refractivity contribution in [1.82, 2.24) is 28.7 Å². The second kappa shape index (κ2) is 22.5. The van der Waals surface area contributed by atoms with Crippen LogP contribution in [0.15, 0.2) is 297 Å². The molecular formula is C80H61N8OP. The lowest BCUT2D eigenvalue weighted by atomic mass is 10.0. The summed E-state index contributed by atoms with van der Waals surface area (Å²) < 4.78 is 29.2. The highest BCUT2D eigenvalue weighted by Gasteiger charge is 2.50. The fourth-order valence-corrected chi connectivity index (χ4v) is 16.7. The van der Waals surface area contributed by atoms with E-state index >= 15 is 4.57 Å². The summed E-state index contributed by atoms with van der Waals surface area (Å²) in [5.74, 6) is 1.73. The highest BCUT2D eigenvalue weighted by atomic mass is 31.2. The molecule has 432 valence electrons. The van der Waals surface area contributed by atoms with Crippen LogP contribution in [-0.4, -0.2) is 28.7 Å². The van der Waals surface area contributed by atoms with E-state index in [1.807, 2.05) is 66.7 Å². The molecule has 14 aromatic rings. The summed E-state index contributed by atoms with van der Waals surface area (Å²) in [5.41, 5.74) is 16.7. The van der Waals surface area contributed by atoms with Crippen molar-refractivity contribution in [2.24, 2.45) is 0 Å². The Morgan fingerprint density at radius 2 is 1.04 bits per heavy atom. The van der Waals surface area contributed by atoms with Crippen molar-refractivity contribution in [2.45, 2.75) is 32.6 Å². The number of hydrogen-bond donors (Lipinski definition) is 0. The van der Waals surface area contributed by atoms with Crippen LogP contribution in [-0.2, 0) is 11.0 Å². The monoisotopic (exact) mass is 1180 g/mol. The van der Waals surface area contributed by atoms with Gasteiger partial charge in [-0.2, -0.15) is 9.97 Å². The van der Waals surface area contributed by atoms with E-state index in [0.29, 0.717) is 29.3 Å². The third-order valence-corrected chi connectivity index (χ3v) is 20.6. The average Bonchev–Trinajstić information content (AvgIpc) is 1.59. The highest BCUT2D eigenvalue weighted by Crippen LogP contribution is 2.70. The van der Waals surface area contributed by atoms with E-state index in [2.05, 4.69) is 261 Å². The summed E-state index contributed by atoms with van der Waals surface area (Å²) in [6.07, 6.45) is 18.0. The van der Waals surface area contributed by atoms with Gasteiger partial charge in [0.15, 0.2) is 11.6 Å². The van der Waals surface area contributed by atoms with Gasteiger partial charge in [-0.3, -0.25) is 18.5 Å². The molecule has 0 N–H and O–H groups in total. The third kappa shape index (κ3) is 8.99. The van der Waals surface area contributed by atoms with Gasteiger partial charge in [-0.15, -0.1) is 6.58 Å². The van der Waals surface area contributed by atoms with E-state index in [0.717, 1.165) is 141 Å². The molecule has 16 rings (SSSR count). The molecule has 0 fully saturated rings. The topological polar surface area (TPSA) is 77.0 Å². The van der Waals surface area contributed by atoms with Crippen molar-refractivity contribution in [3.8, 4) is 39.8 Å². The van der Waals surface area contributed by atoms with Crippen LogP contribution in [0, 0.1) is 0 Å². The quantitative estimate of drug-likeness (QED) is 0.0846. The molecular weight excluding hydrogens is 1120 g/mol. The van der Waals surface area contributed by atoms with Crippen LogP contribution < -0.4 is 14.6 Å². The smallest absolute Gasteiger partial charge is 0.301 e. The summed E-state index contributed by atoms with van der Waals surface area (Å²) >= 11 is 0. The number of benzene rings is 10. The zero-order valence-corrected chi connectivity index (χ0v) is 50.6. The summed E-state index contributed by atoms with van der Waals surface area (Å²) in [5, 5.41) is 6.10. The maximum atomic E-state index is 18.0. The average molecular weight is 1180 g/mol. The normalized spacial score (nSPS) is 16.0. The number of aromatic nitrogens is 6. The van der Waals surface area contributed by atoms with E-state index in [1.54, 1.807) is 0 Å². The first kappa shape index (κ1) is 54.3. The van der Waals surface area contributed by atoms with Gasteiger partial charge in [0, 0.05) is 72.8 Å². The number of anilines is 3. The fourth-order valence-electron chi connectivity index (χ4n) is 13.6. The molecule has 9 nitrogen and oxygen atoms in total. The molecule has 0 bridgehead atoms. The molecule has 0 amide bonds. The lowest BCUT2D eigenvalue weighted by Gasteiger charge is -2.34. The number of nitrogens with zero attached hydrogens (tertiary/aromatic N) is 8. The van der Waals surface area contributed by atoms with Crippen molar-refractivity contribution in [2.75, 3.05) is 9.34 Å². The lowest BCUT2D eigenvalue weighted by molar-refractivity contribution is 0.581. The fraction of sp³-hybridized carbons (Fsp3) is 0.0625. The molecule has 1 aliphatic carbocycles. The van der Waals surface area contributed by atoms with Gasteiger partial charge in [0.1, 0.15) is 0 Å². The third-order valence-electron chi connectivity index (χ3n) is 17.6. The lowest BCUT2D eigenvalue weighted by Crippen LogP contribution is -2.28. The van der Waals surface area contributed by atoms with Crippen LogP contribution in [0.25, 0.3) is 106 Å². The van der Waals surface area contributed by atoms with Crippen LogP contribution in [0.5, 0.6) is 0 Å². The molecule has 0 radical (unpaired) electrons. The van der Waals surface area contributed by atoms with Gasteiger partial charge >= 0.3 is 7.44 Å². The van der Waals surface area contributed by atoms with Crippen LogP contribution in [0.2, 0.25) is 0 Å². The Morgan fingerprint density at radius 3 is 1.76 bits per heavy atom.